The first kappa shape index (κ1) is 11.5. The van der Waals surface area contributed by atoms with Gasteiger partial charge in [-0.1, -0.05) is 0 Å². The highest BCUT2D eigenvalue weighted by Gasteiger charge is 2.21. The second-order valence-corrected chi connectivity index (χ2v) is 3.75. The summed E-state index contributed by atoms with van der Waals surface area (Å²) in [5.41, 5.74) is 5.26. The van der Waals surface area contributed by atoms with Gasteiger partial charge >= 0.3 is 5.69 Å². The predicted octanol–water partition coefficient (Wildman–Crippen LogP) is 0.558. The quantitative estimate of drug-likeness (QED) is 0.584. The molecule has 0 bridgehead atoms. The number of ether oxygens (including phenoxy) is 1. The molecule has 0 amide bonds. The largest absolute Gasteiger partial charge is 0.381 e. The monoisotopic (exact) mass is 239 g/mol. The molecule has 0 aromatic carbocycles. The maximum absolute atomic E-state index is 10.8. The number of hydrogen-bond donors (Lipinski definition) is 2. The average molecular weight is 239 g/mol. The fourth-order valence-corrected chi connectivity index (χ4v) is 1.66. The number of anilines is 2. The average Bonchev–Trinajstić information content (AvgIpc) is 2.30. The molecule has 0 saturated carbocycles. The van der Waals surface area contributed by atoms with Crippen LogP contribution in [0.2, 0.25) is 0 Å². The molecule has 2 rings (SSSR count). The van der Waals surface area contributed by atoms with Crippen molar-refractivity contribution < 1.29 is 9.66 Å². The molecule has 0 atom stereocenters. The third-order valence-electron chi connectivity index (χ3n) is 2.55. The van der Waals surface area contributed by atoms with Gasteiger partial charge in [0.2, 0.25) is 11.8 Å². The Labute approximate surface area is 97.3 Å². The van der Waals surface area contributed by atoms with Crippen LogP contribution in [-0.4, -0.2) is 34.1 Å². The van der Waals surface area contributed by atoms with Gasteiger partial charge in [0.15, 0.2) is 0 Å². The first-order valence-corrected chi connectivity index (χ1v) is 5.28. The molecule has 0 unspecified atom stereocenters. The van der Waals surface area contributed by atoms with Gasteiger partial charge in [-0.05, 0) is 12.8 Å². The van der Waals surface area contributed by atoms with Gasteiger partial charge in [0.1, 0.15) is 6.20 Å². The Morgan fingerprint density at radius 2 is 2.24 bits per heavy atom. The van der Waals surface area contributed by atoms with E-state index in [1.165, 1.54) is 0 Å². The summed E-state index contributed by atoms with van der Waals surface area (Å²) in [5.74, 6) is 0.194. The number of nitrogens with two attached hydrogens (primary N) is 1. The maximum atomic E-state index is 10.8. The number of aromatic nitrogens is 2. The number of hydrogen-bond acceptors (Lipinski definition) is 7. The van der Waals surface area contributed by atoms with Crippen molar-refractivity contribution in [3.8, 4) is 0 Å². The highest BCUT2D eigenvalue weighted by molar-refractivity contribution is 5.56. The predicted molar refractivity (Wildman–Crippen MR) is 60.6 cm³/mol. The number of nitrogens with one attached hydrogen (secondary N) is 1. The molecule has 1 fully saturated rings. The van der Waals surface area contributed by atoms with Crippen LogP contribution in [0.1, 0.15) is 12.8 Å². The second-order valence-electron chi connectivity index (χ2n) is 3.75. The molecule has 1 saturated heterocycles. The minimum Gasteiger partial charge on any atom is -0.381 e. The van der Waals surface area contributed by atoms with Gasteiger partial charge in [0.05, 0.1) is 4.92 Å². The molecule has 3 N–H and O–H groups in total. The molecule has 8 nitrogen and oxygen atoms in total. The van der Waals surface area contributed by atoms with E-state index in [0.29, 0.717) is 13.2 Å². The van der Waals surface area contributed by atoms with Crippen LogP contribution in [0, 0.1) is 10.1 Å². The van der Waals surface area contributed by atoms with E-state index in [-0.39, 0.29) is 23.5 Å². The smallest absolute Gasteiger partial charge is 0.329 e. The van der Waals surface area contributed by atoms with Gasteiger partial charge in [0.25, 0.3) is 0 Å². The Morgan fingerprint density at radius 3 is 2.88 bits per heavy atom. The summed E-state index contributed by atoms with van der Waals surface area (Å²) in [5, 5.41) is 13.8. The molecule has 1 aromatic rings. The van der Waals surface area contributed by atoms with Crippen LogP contribution in [0.4, 0.5) is 17.5 Å². The van der Waals surface area contributed by atoms with Gasteiger partial charge < -0.3 is 15.8 Å². The third kappa shape index (κ3) is 2.78. The van der Waals surface area contributed by atoms with Crippen molar-refractivity contribution in [2.75, 3.05) is 24.3 Å². The molecule has 0 aliphatic carbocycles. The van der Waals surface area contributed by atoms with Gasteiger partial charge in [-0.25, -0.2) is 4.98 Å². The van der Waals surface area contributed by atoms with Crippen LogP contribution in [0.3, 0.4) is 0 Å². The molecule has 8 heteroatoms. The maximum Gasteiger partial charge on any atom is 0.329 e. The third-order valence-corrected chi connectivity index (χ3v) is 2.55. The molecule has 17 heavy (non-hydrogen) atoms. The van der Waals surface area contributed by atoms with Crippen molar-refractivity contribution in [3.05, 3.63) is 16.3 Å². The molecule has 2 heterocycles. The summed E-state index contributed by atoms with van der Waals surface area (Å²) in [6.45, 7) is 1.29. The Bertz CT molecular complexity index is 419. The molecular weight excluding hydrogens is 226 g/mol. The SMILES string of the molecule is Nc1ncc([N+](=O)[O-])c(NC2CCOCC2)n1. The van der Waals surface area contributed by atoms with Crippen molar-refractivity contribution in [2.45, 2.75) is 18.9 Å². The summed E-state index contributed by atoms with van der Waals surface area (Å²) in [7, 11) is 0. The molecular formula is C9H13N5O3. The van der Waals surface area contributed by atoms with Gasteiger partial charge in [0, 0.05) is 19.3 Å². The van der Waals surface area contributed by atoms with Crippen molar-refractivity contribution in [1.82, 2.24) is 9.97 Å². The molecule has 1 aliphatic heterocycles. The standard InChI is InChI=1S/C9H13N5O3/c10-9-11-5-7(14(15)16)8(13-9)12-6-1-3-17-4-2-6/h5-6H,1-4H2,(H3,10,11,12,13). The van der Waals surface area contributed by atoms with Crippen LogP contribution >= 0.6 is 0 Å². The van der Waals surface area contributed by atoms with E-state index in [2.05, 4.69) is 15.3 Å². The Hall–Kier alpha value is -1.96. The van der Waals surface area contributed by atoms with Crippen LogP contribution in [0.5, 0.6) is 0 Å². The van der Waals surface area contributed by atoms with E-state index in [1.807, 2.05) is 0 Å². The molecule has 0 radical (unpaired) electrons. The number of nitrogen functional groups attached to an aromatic ring is 1. The fraction of sp³-hybridized carbons (Fsp3) is 0.556. The normalized spacial score (nSPS) is 16.7. The zero-order chi connectivity index (χ0) is 12.3. The Kier molecular flexibility index (Phi) is 3.33. The van der Waals surface area contributed by atoms with Gasteiger partial charge in [-0.2, -0.15) is 4.98 Å². The van der Waals surface area contributed by atoms with Crippen molar-refractivity contribution in [1.29, 1.82) is 0 Å². The Morgan fingerprint density at radius 1 is 1.53 bits per heavy atom. The second kappa shape index (κ2) is 4.91. The fourth-order valence-electron chi connectivity index (χ4n) is 1.66. The highest BCUT2D eigenvalue weighted by atomic mass is 16.6. The summed E-state index contributed by atoms with van der Waals surface area (Å²) in [6.07, 6.45) is 2.70. The Balaban J connectivity index is 2.17. The van der Waals surface area contributed by atoms with Gasteiger partial charge in [-0.3, -0.25) is 10.1 Å². The van der Waals surface area contributed by atoms with Crippen molar-refractivity contribution >= 4 is 17.5 Å². The summed E-state index contributed by atoms with van der Waals surface area (Å²) >= 11 is 0. The molecule has 1 aliphatic rings. The lowest BCUT2D eigenvalue weighted by molar-refractivity contribution is -0.384. The van der Waals surface area contributed by atoms with E-state index >= 15 is 0 Å². The summed E-state index contributed by atoms with van der Waals surface area (Å²) in [6, 6.07) is 0.122. The zero-order valence-electron chi connectivity index (χ0n) is 9.13. The minimum absolute atomic E-state index is 0.0187. The van der Waals surface area contributed by atoms with E-state index in [0.717, 1.165) is 19.0 Å². The number of rotatable bonds is 3. The van der Waals surface area contributed by atoms with Crippen molar-refractivity contribution in [2.24, 2.45) is 0 Å². The van der Waals surface area contributed by atoms with Crippen LogP contribution < -0.4 is 11.1 Å². The van der Waals surface area contributed by atoms with E-state index in [1.54, 1.807) is 0 Å². The minimum atomic E-state index is -0.527. The van der Waals surface area contributed by atoms with Crippen LogP contribution in [0.15, 0.2) is 6.20 Å². The van der Waals surface area contributed by atoms with E-state index in [9.17, 15) is 10.1 Å². The van der Waals surface area contributed by atoms with Crippen LogP contribution in [0.25, 0.3) is 0 Å². The van der Waals surface area contributed by atoms with Crippen LogP contribution in [-0.2, 0) is 4.74 Å². The topological polar surface area (TPSA) is 116 Å². The van der Waals surface area contributed by atoms with Crippen molar-refractivity contribution in [3.63, 3.8) is 0 Å². The van der Waals surface area contributed by atoms with E-state index in [4.69, 9.17) is 10.5 Å². The van der Waals surface area contributed by atoms with Gasteiger partial charge in [-0.15, -0.1) is 0 Å². The lowest BCUT2D eigenvalue weighted by Crippen LogP contribution is -2.28. The first-order chi connectivity index (χ1) is 8.16. The highest BCUT2D eigenvalue weighted by Crippen LogP contribution is 2.23. The first-order valence-electron chi connectivity index (χ1n) is 5.28. The molecule has 92 valence electrons. The summed E-state index contributed by atoms with van der Waals surface area (Å²) in [4.78, 5) is 17.7. The number of nitrogens with zero attached hydrogens (tertiary/aromatic N) is 3. The zero-order valence-corrected chi connectivity index (χ0v) is 9.13. The van der Waals surface area contributed by atoms with E-state index < -0.39 is 4.92 Å². The lowest BCUT2D eigenvalue weighted by atomic mass is 10.1. The number of nitro groups is 1. The molecule has 1 aromatic heterocycles. The molecule has 0 spiro atoms. The lowest BCUT2D eigenvalue weighted by Gasteiger charge is -2.23. The summed E-state index contributed by atoms with van der Waals surface area (Å²) < 4.78 is 5.21.